The van der Waals surface area contributed by atoms with E-state index >= 15 is 0 Å². The Morgan fingerprint density at radius 2 is 2.17 bits per heavy atom. The summed E-state index contributed by atoms with van der Waals surface area (Å²) in [5.74, 6) is -0.600. The van der Waals surface area contributed by atoms with E-state index < -0.39 is 12.0 Å². The summed E-state index contributed by atoms with van der Waals surface area (Å²) in [7, 11) is 0. The van der Waals surface area contributed by atoms with Crippen molar-refractivity contribution in [3.05, 3.63) is 35.1 Å². The summed E-state index contributed by atoms with van der Waals surface area (Å²) in [6, 6.07) is 4.14. The number of halogens is 2. The first-order valence-corrected chi connectivity index (χ1v) is 3.69. The fourth-order valence-electron chi connectivity index (χ4n) is 1.17. The Bertz CT molecular complexity index is 271. The van der Waals surface area contributed by atoms with Crippen molar-refractivity contribution in [2.75, 3.05) is 0 Å². The van der Waals surface area contributed by atoms with Crippen LogP contribution in [0, 0.1) is 5.82 Å². The Morgan fingerprint density at radius 1 is 1.50 bits per heavy atom. The zero-order chi connectivity index (χ0) is 9.14. The van der Waals surface area contributed by atoms with Gasteiger partial charge in [-0.2, -0.15) is 0 Å². The molecule has 0 aromatic heterocycles. The van der Waals surface area contributed by atoms with Crippen LogP contribution in [0.2, 0.25) is 0 Å². The molecule has 0 aliphatic rings. The van der Waals surface area contributed by atoms with E-state index in [2.05, 4.69) is 0 Å². The molecule has 66 valence electrons. The van der Waals surface area contributed by atoms with E-state index in [0.717, 1.165) is 0 Å². The van der Waals surface area contributed by atoms with Crippen LogP contribution >= 0.6 is 0 Å². The van der Waals surface area contributed by atoms with Gasteiger partial charge >= 0.3 is 0 Å². The van der Waals surface area contributed by atoms with Gasteiger partial charge in [0.25, 0.3) is 0 Å². The Morgan fingerprint density at radius 3 is 2.58 bits per heavy atom. The molecule has 0 amide bonds. The van der Waals surface area contributed by atoms with E-state index in [4.69, 9.17) is 5.11 Å². The molecule has 1 aromatic rings. The zero-order valence-electron chi connectivity index (χ0n) is 6.72. The maximum atomic E-state index is 12.9. The van der Waals surface area contributed by atoms with Crippen LogP contribution in [-0.4, -0.2) is 5.11 Å². The van der Waals surface area contributed by atoms with Crippen molar-refractivity contribution in [1.29, 1.82) is 0 Å². The van der Waals surface area contributed by atoms with Gasteiger partial charge in [-0.1, -0.05) is 12.1 Å². The van der Waals surface area contributed by atoms with E-state index in [1.165, 1.54) is 25.1 Å². The average molecular weight is 172 g/mol. The highest BCUT2D eigenvalue weighted by atomic mass is 19.1. The van der Waals surface area contributed by atoms with Crippen molar-refractivity contribution >= 4 is 0 Å². The lowest BCUT2D eigenvalue weighted by atomic mass is 10.0. The molecule has 0 aliphatic heterocycles. The first-order valence-electron chi connectivity index (χ1n) is 3.69. The first-order chi connectivity index (χ1) is 5.66. The third-order valence-corrected chi connectivity index (χ3v) is 1.71. The van der Waals surface area contributed by atoms with E-state index in [1.54, 1.807) is 0 Å². The topological polar surface area (TPSA) is 20.2 Å². The number of rotatable bonds is 2. The predicted octanol–water partition coefficient (Wildman–Crippen LogP) is 2.35. The molecule has 0 spiro atoms. The van der Waals surface area contributed by atoms with Crippen LogP contribution in [0.25, 0.3) is 0 Å². The largest absolute Gasteiger partial charge is 0.392 e. The van der Waals surface area contributed by atoms with Crippen LogP contribution < -0.4 is 0 Å². The number of hydrogen-bond acceptors (Lipinski definition) is 1. The monoisotopic (exact) mass is 172 g/mol. The molecule has 1 aromatic carbocycles. The molecule has 0 radical (unpaired) electrons. The minimum Gasteiger partial charge on any atom is -0.392 e. The number of aliphatic hydroxyl groups is 1. The Balaban J connectivity index is 3.20. The number of benzene rings is 1. The van der Waals surface area contributed by atoms with Crippen LogP contribution in [0.5, 0.6) is 0 Å². The summed E-state index contributed by atoms with van der Waals surface area (Å²) >= 11 is 0. The molecule has 0 heterocycles. The SMILES string of the molecule is CC(F)c1c(F)cccc1CO. The van der Waals surface area contributed by atoms with Gasteiger partial charge in [-0.15, -0.1) is 0 Å². The van der Waals surface area contributed by atoms with Gasteiger partial charge in [0.05, 0.1) is 6.61 Å². The van der Waals surface area contributed by atoms with Crippen LogP contribution in [0.4, 0.5) is 8.78 Å². The molecular weight excluding hydrogens is 162 g/mol. The summed E-state index contributed by atoms with van der Waals surface area (Å²) in [5, 5.41) is 8.76. The quantitative estimate of drug-likeness (QED) is 0.726. The number of alkyl halides is 1. The van der Waals surface area contributed by atoms with Gasteiger partial charge in [0.1, 0.15) is 12.0 Å². The lowest BCUT2D eigenvalue weighted by Crippen LogP contribution is -1.98. The van der Waals surface area contributed by atoms with E-state index in [0.29, 0.717) is 5.56 Å². The molecule has 3 heteroatoms. The molecule has 0 aliphatic carbocycles. The number of aliphatic hydroxyl groups excluding tert-OH is 1. The second-order valence-corrected chi connectivity index (χ2v) is 2.59. The Kier molecular flexibility index (Phi) is 2.76. The van der Waals surface area contributed by atoms with Gasteiger partial charge in [0.2, 0.25) is 0 Å². The summed E-state index contributed by atoms with van der Waals surface area (Å²) in [5.41, 5.74) is 0.269. The van der Waals surface area contributed by atoms with E-state index in [-0.39, 0.29) is 12.2 Å². The third-order valence-electron chi connectivity index (χ3n) is 1.71. The van der Waals surface area contributed by atoms with Gasteiger partial charge in [-0.25, -0.2) is 8.78 Å². The number of hydrogen-bond donors (Lipinski definition) is 1. The third kappa shape index (κ3) is 1.61. The van der Waals surface area contributed by atoms with Crippen molar-refractivity contribution in [3.8, 4) is 0 Å². The maximum Gasteiger partial charge on any atom is 0.129 e. The highest BCUT2D eigenvalue weighted by molar-refractivity contribution is 5.29. The standard InChI is InChI=1S/C9H10F2O/c1-6(10)9-7(5-12)3-2-4-8(9)11/h2-4,6,12H,5H2,1H3. The fraction of sp³-hybridized carbons (Fsp3) is 0.333. The summed E-state index contributed by atoms with van der Waals surface area (Å²) in [4.78, 5) is 0. The molecule has 1 N–H and O–H groups in total. The van der Waals surface area contributed by atoms with Crippen LogP contribution in [0.1, 0.15) is 24.2 Å². The normalized spacial score (nSPS) is 13.0. The molecule has 1 unspecified atom stereocenters. The van der Waals surface area contributed by atoms with Crippen molar-refractivity contribution in [1.82, 2.24) is 0 Å². The smallest absolute Gasteiger partial charge is 0.129 e. The second kappa shape index (κ2) is 3.63. The lowest BCUT2D eigenvalue weighted by molar-refractivity contribution is 0.272. The average Bonchev–Trinajstić information content (AvgIpc) is 2.03. The minimum absolute atomic E-state index is 0.0417. The van der Waals surface area contributed by atoms with Crippen molar-refractivity contribution < 1.29 is 13.9 Å². The molecule has 1 atom stereocenters. The molecular formula is C9H10F2O. The van der Waals surface area contributed by atoms with Gasteiger partial charge in [-0.05, 0) is 18.6 Å². The zero-order valence-corrected chi connectivity index (χ0v) is 6.72. The predicted molar refractivity (Wildman–Crippen MR) is 41.8 cm³/mol. The summed E-state index contributed by atoms with van der Waals surface area (Å²) in [6.07, 6.45) is -1.38. The first kappa shape index (κ1) is 9.13. The van der Waals surface area contributed by atoms with Gasteiger partial charge in [-0.3, -0.25) is 0 Å². The van der Waals surface area contributed by atoms with Crippen molar-refractivity contribution in [2.45, 2.75) is 19.7 Å². The summed E-state index contributed by atoms with van der Waals surface area (Å²) in [6.45, 7) is 0.916. The van der Waals surface area contributed by atoms with Gasteiger partial charge < -0.3 is 5.11 Å². The van der Waals surface area contributed by atoms with E-state index in [1.807, 2.05) is 0 Å². The lowest BCUT2D eigenvalue weighted by Gasteiger charge is -2.08. The van der Waals surface area contributed by atoms with E-state index in [9.17, 15) is 8.78 Å². The Labute approximate surface area is 69.7 Å². The molecule has 12 heavy (non-hydrogen) atoms. The minimum atomic E-state index is -1.38. The van der Waals surface area contributed by atoms with Crippen LogP contribution in [-0.2, 0) is 6.61 Å². The molecule has 0 fully saturated rings. The highest BCUT2D eigenvalue weighted by Gasteiger charge is 2.13. The van der Waals surface area contributed by atoms with Crippen molar-refractivity contribution in [2.24, 2.45) is 0 Å². The fourth-order valence-corrected chi connectivity index (χ4v) is 1.17. The molecule has 0 bridgehead atoms. The second-order valence-electron chi connectivity index (χ2n) is 2.59. The molecule has 1 nitrogen and oxygen atoms in total. The Hall–Kier alpha value is -0.960. The van der Waals surface area contributed by atoms with Gasteiger partial charge in [0.15, 0.2) is 0 Å². The molecule has 0 saturated heterocycles. The maximum absolute atomic E-state index is 12.9. The summed E-state index contributed by atoms with van der Waals surface area (Å²) < 4.78 is 25.7. The van der Waals surface area contributed by atoms with Crippen molar-refractivity contribution in [3.63, 3.8) is 0 Å². The van der Waals surface area contributed by atoms with Gasteiger partial charge in [0, 0.05) is 5.56 Å². The molecule has 1 rings (SSSR count). The van der Waals surface area contributed by atoms with Crippen LogP contribution in [0.15, 0.2) is 18.2 Å². The van der Waals surface area contributed by atoms with Crippen LogP contribution in [0.3, 0.4) is 0 Å². The molecule has 0 saturated carbocycles. The highest BCUT2D eigenvalue weighted by Crippen LogP contribution is 2.23.